The largest absolute Gasteiger partial charge is 0.394 e. The third kappa shape index (κ3) is 3.22. The lowest BCUT2D eigenvalue weighted by Gasteiger charge is -2.36. The summed E-state index contributed by atoms with van der Waals surface area (Å²) in [6.45, 7) is 2.98. The molecule has 0 fully saturated rings. The molecule has 1 aromatic heterocycles. The molecule has 2 aromatic rings. The van der Waals surface area contributed by atoms with Crippen LogP contribution in [-0.4, -0.2) is 39.4 Å². The number of hydrogen-bond acceptors (Lipinski definition) is 3. The zero-order chi connectivity index (χ0) is 16.2. The van der Waals surface area contributed by atoms with Gasteiger partial charge in [-0.15, -0.1) is 0 Å². The van der Waals surface area contributed by atoms with Crippen LogP contribution < -0.4 is 5.32 Å². The molecule has 0 aliphatic carbocycles. The number of nitrogens with one attached hydrogen (secondary N) is 2. The number of carbonyl (C=O) groups excluding carboxylic acids is 1. The molecule has 0 radical (unpaired) electrons. The molecule has 0 bridgehead atoms. The first-order valence-electron chi connectivity index (χ1n) is 7.99. The molecular weight excluding hydrogens is 292 g/mol. The molecule has 6 heteroatoms. The van der Waals surface area contributed by atoms with Gasteiger partial charge in [-0.25, -0.2) is 4.79 Å². The van der Waals surface area contributed by atoms with Crippen molar-refractivity contribution in [3.05, 3.63) is 52.8 Å². The number of benzene rings is 1. The number of rotatable bonds is 4. The van der Waals surface area contributed by atoms with Gasteiger partial charge in [0.25, 0.3) is 0 Å². The van der Waals surface area contributed by atoms with E-state index in [1.165, 1.54) is 5.56 Å². The van der Waals surface area contributed by atoms with Crippen molar-refractivity contribution in [1.82, 2.24) is 20.4 Å². The van der Waals surface area contributed by atoms with Crippen molar-refractivity contribution in [1.29, 1.82) is 0 Å². The van der Waals surface area contributed by atoms with Gasteiger partial charge < -0.3 is 15.3 Å². The lowest BCUT2D eigenvalue weighted by atomic mass is 9.93. The van der Waals surface area contributed by atoms with E-state index in [4.69, 9.17) is 0 Å². The molecule has 3 rings (SSSR count). The van der Waals surface area contributed by atoms with Crippen LogP contribution in [0.25, 0.3) is 0 Å². The number of aromatic nitrogens is 2. The number of aliphatic hydroxyl groups is 1. The van der Waals surface area contributed by atoms with Gasteiger partial charge in [0.05, 0.1) is 30.6 Å². The second-order valence-electron chi connectivity index (χ2n) is 5.74. The molecule has 6 nitrogen and oxygen atoms in total. The number of aliphatic hydroxyl groups excluding tert-OH is 1. The summed E-state index contributed by atoms with van der Waals surface area (Å²) in [6.07, 6.45) is 1.67. The van der Waals surface area contributed by atoms with Crippen molar-refractivity contribution >= 4 is 6.03 Å². The molecule has 1 aromatic carbocycles. The van der Waals surface area contributed by atoms with Gasteiger partial charge in [0.2, 0.25) is 0 Å². The van der Waals surface area contributed by atoms with E-state index in [2.05, 4.69) is 21.6 Å². The first-order chi connectivity index (χ1) is 11.2. The third-order valence-electron chi connectivity index (χ3n) is 4.32. The minimum Gasteiger partial charge on any atom is -0.394 e. The Morgan fingerprint density at radius 1 is 1.48 bits per heavy atom. The summed E-state index contributed by atoms with van der Waals surface area (Å²) in [5.41, 5.74) is 4.10. The van der Waals surface area contributed by atoms with E-state index in [1.54, 1.807) is 4.90 Å². The highest BCUT2D eigenvalue weighted by Crippen LogP contribution is 2.29. The van der Waals surface area contributed by atoms with E-state index in [1.807, 2.05) is 31.2 Å². The lowest BCUT2D eigenvalue weighted by molar-refractivity contribution is 0.126. The number of carbonyl (C=O) groups is 1. The van der Waals surface area contributed by atoms with E-state index in [-0.39, 0.29) is 18.7 Å². The second kappa shape index (κ2) is 6.83. The number of fused-ring (bicyclic) bond motifs is 1. The molecule has 1 atom stereocenters. The van der Waals surface area contributed by atoms with Crippen LogP contribution in [0.2, 0.25) is 0 Å². The number of hydrogen-bond donors (Lipinski definition) is 3. The monoisotopic (exact) mass is 314 g/mol. The van der Waals surface area contributed by atoms with Gasteiger partial charge in [-0.05, 0) is 30.0 Å². The molecule has 122 valence electrons. The van der Waals surface area contributed by atoms with Gasteiger partial charge in [-0.1, -0.05) is 31.2 Å². The lowest BCUT2D eigenvalue weighted by Crippen LogP contribution is -2.46. The fourth-order valence-corrected chi connectivity index (χ4v) is 3.04. The topological polar surface area (TPSA) is 81.3 Å². The molecule has 0 saturated heterocycles. The number of H-pyrrole nitrogens is 1. The van der Waals surface area contributed by atoms with Crippen LogP contribution in [0.4, 0.5) is 4.79 Å². The van der Waals surface area contributed by atoms with Crippen LogP contribution in [0.5, 0.6) is 0 Å². The van der Waals surface area contributed by atoms with Gasteiger partial charge in [0.15, 0.2) is 0 Å². The summed E-state index contributed by atoms with van der Waals surface area (Å²) >= 11 is 0. The van der Waals surface area contributed by atoms with Crippen molar-refractivity contribution in [3.8, 4) is 0 Å². The predicted molar refractivity (Wildman–Crippen MR) is 86.9 cm³/mol. The van der Waals surface area contributed by atoms with E-state index >= 15 is 0 Å². The maximum Gasteiger partial charge on any atom is 0.318 e. The zero-order valence-corrected chi connectivity index (χ0v) is 13.2. The Morgan fingerprint density at radius 3 is 3.04 bits per heavy atom. The molecule has 0 spiro atoms. The number of urea groups is 1. The Balaban J connectivity index is 1.67. The molecule has 1 aliphatic rings. The third-order valence-corrected chi connectivity index (χ3v) is 4.32. The summed E-state index contributed by atoms with van der Waals surface area (Å²) in [5, 5.41) is 19.7. The molecular formula is C17H22N4O2. The van der Waals surface area contributed by atoms with E-state index in [0.29, 0.717) is 13.1 Å². The predicted octanol–water partition coefficient (Wildman–Crippen LogP) is 1.77. The van der Waals surface area contributed by atoms with Crippen LogP contribution in [0, 0.1) is 0 Å². The fourth-order valence-electron chi connectivity index (χ4n) is 3.04. The van der Waals surface area contributed by atoms with Crippen molar-refractivity contribution in [3.63, 3.8) is 0 Å². The Kier molecular flexibility index (Phi) is 4.62. The highest BCUT2D eigenvalue weighted by atomic mass is 16.3. The van der Waals surface area contributed by atoms with E-state index in [0.717, 1.165) is 29.8 Å². The number of nitrogens with zero attached hydrogens (tertiary/aromatic N) is 2. The van der Waals surface area contributed by atoms with Crippen molar-refractivity contribution in [2.75, 3.05) is 13.2 Å². The second-order valence-corrected chi connectivity index (χ2v) is 5.74. The van der Waals surface area contributed by atoms with Gasteiger partial charge in [0.1, 0.15) is 0 Å². The smallest absolute Gasteiger partial charge is 0.318 e. The maximum absolute atomic E-state index is 12.5. The quantitative estimate of drug-likeness (QED) is 0.804. The Morgan fingerprint density at radius 2 is 2.30 bits per heavy atom. The first kappa shape index (κ1) is 15.6. The van der Waals surface area contributed by atoms with Gasteiger partial charge in [-0.2, -0.15) is 5.10 Å². The van der Waals surface area contributed by atoms with Crippen molar-refractivity contribution in [2.24, 2.45) is 0 Å². The Hall–Kier alpha value is -2.34. The highest BCUT2D eigenvalue weighted by molar-refractivity contribution is 5.75. The van der Waals surface area contributed by atoms with Gasteiger partial charge >= 0.3 is 6.03 Å². The number of aryl methyl sites for hydroxylation is 1. The van der Waals surface area contributed by atoms with Gasteiger partial charge in [0, 0.05) is 6.54 Å². The van der Waals surface area contributed by atoms with Crippen LogP contribution in [-0.2, 0) is 19.4 Å². The first-order valence-corrected chi connectivity index (χ1v) is 7.99. The Bertz CT molecular complexity index is 683. The average Bonchev–Trinajstić information content (AvgIpc) is 3.06. The summed E-state index contributed by atoms with van der Waals surface area (Å²) < 4.78 is 0. The zero-order valence-electron chi connectivity index (χ0n) is 13.2. The average molecular weight is 314 g/mol. The van der Waals surface area contributed by atoms with Crippen LogP contribution in [0.15, 0.2) is 30.3 Å². The number of aromatic amines is 1. The van der Waals surface area contributed by atoms with Crippen molar-refractivity contribution < 1.29 is 9.90 Å². The maximum atomic E-state index is 12.5. The fraction of sp³-hybridized carbons (Fsp3) is 0.412. The van der Waals surface area contributed by atoms with Crippen LogP contribution in [0.1, 0.15) is 35.5 Å². The molecule has 1 aliphatic heterocycles. The number of amides is 2. The molecule has 2 amide bonds. The molecule has 2 heterocycles. The minimum absolute atomic E-state index is 0.0749. The van der Waals surface area contributed by atoms with Crippen LogP contribution >= 0.6 is 0 Å². The normalized spacial score (nSPS) is 17.0. The van der Waals surface area contributed by atoms with Crippen molar-refractivity contribution in [2.45, 2.75) is 32.4 Å². The molecule has 3 N–H and O–H groups in total. The SMILES string of the molecule is CCc1cc(CNC(=O)N2CCc3ccccc3[C@@H]2CO)[nH]n1. The van der Waals surface area contributed by atoms with Crippen LogP contribution in [0.3, 0.4) is 0 Å². The minimum atomic E-state index is -0.284. The summed E-state index contributed by atoms with van der Waals surface area (Å²) in [5.74, 6) is 0. The van der Waals surface area contributed by atoms with Gasteiger partial charge in [-0.3, -0.25) is 5.10 Å². The molecule has 23 heavy (non-hydrogen) atoms. The highest BCUT2D eigenvalue weighted by Gasteiger charge is 2.29. The molecule has 0 saturated carbocycles. The standard InChI is InChI=1S/C17H22N4O2/c1-2-13-9-14(20-19-13)10-18-17(23)21-8-7-12-5-3-4-6-15(12)16(21)11-22/h3-6,9,16,22H,2,7-8,10-11H2,1H3,(H,18,23)(H,19,20)/t16-/m0/s1. The summed E-state index contributed by atoms with van der Waals surface area (Å²) in [4.78, 5) is 14.2. The van der Waals surface area contributed by atoms with E-state index in [9.17, 15) is 9.90 Å². The summed E-state index contributed by atoms with van der Waals surface area (Å²) in [7, 11) is 0. The van der Waals surface area contributed by atoms with E-state index < -0.39 is 0 Å². The Labute approximate surface area is 135 Å². The molecule has 0 unspecified atom stereocenters. The summed E-state index contributed by atoms with van der Waals surface area (Å²) in [6, 6.07) is 9.49.